The summed E-state index contributed by atoms with van der Waals surface area (Å²) in [7, 11) is 1.67. The molecule has 2 fully saturated rings. The second-order valence-corrected chi connectivity index (χ2v) is 10.5. The summed E-state index contributed by atoms with van der Waals surface area (Å²) in [6.07, 6.45) is 1.55. The van der Waals surface area contributed by atoms with Crippen LogP contribution in [-0.4, -0.2) is 64.1 Å². The van der Waals surface area contributed by atoms with Gasteiger partial charge in [0.05, 0.1) is 22.1 Å². The van der Waals surface area contributed by atoms with E-state index in [0.717, 1.165) is 5.52 Å². The number of amides is 2. The number of ether oxygens (including phenoxy) is 1. The van der Waals surface area contributed by atoms with Gasteiger partial charge in [0.25, 0.3) is 5.91 Å². The second-order valence-electron chi connectivity index (χ2n) is 10.1. The van der Waals surface area contributed by atoms with Gasteiger partial charge in [0.2, 0.25) is 5.92 Å². The SMILES string of the molecule is CN(C(=O)c1cn(C2CN(C(=O)OC(C)(C)C)C2)c2cccc(Cl)c12)C1CCC(F)(F)CC1. The monoisotopic (exact) mass is 481 g/mol. The van der Waals surface area contributed by atoms with E-state index in [4.69, 9.17) is 16.3 Å². The van der Waals surface area contributed by atoms with Crippen molar-refractivity contribution >= 4 is 34.5 Å². The van der Waals surface area contributed by atoms with E-state index in [1.807, 2.05) is 37.5 Å². The maximum atomic E-state index is 13.6. The average Bonchev–Trinajstić information content (AvgIpc) is 3.05. The molecular formula is C24H30ClF2N3O3. The zero-order valence-corrected chi connectivity index (χ0v) is 20.2. The molecule has 2 amide bonds. The first-order valence-corrected chi connectivity index (χ1v) is 11.7. The van der Waals surface area contributed by atoms with Crippen molar-refractivity contribution in [2.75, 3.05) is 20.1 Å². The smallest absolute Gasteiger partial charge is 0.410 e. The number of likely N-dealkylation sites (tertiary alicyclic amines) is 1. The van der Waals surface area contributed by atoms with Crippen LogP contribution in [0.15, 0.2) is 24.4 Å². The number of alkyl halides is 2. The van der Waals surface area contributed by atoms with Gasteiger partial charge in [0.15, 0.2) is 0 Å². The Labute approximate surface area is 197 Å². The van der Waals surface area contributed by atoms with Crippen molar-refractivity contribution in [3.63, 3.8) is 0 Å². The summed E-state index contributed by atoms with van der Waals surface area (Å²) in [4.78, 5) is 28.9. The summed E-state index contributed by atoms with van der Waals surface area (Å²) in [6.45, 7) is 6.40. The first-order valence-electron chi connectivity index (χ1n) is 11.3. The van der Waals surface area contributed by atoms with Crippen molar-refractivity contribution in [2.45, 2.75) is 70.1 Å². The number of halogens is 3. The highest BCUT2D eigenvalue weighted by Crippen LogP contribution is 2.37. The summed E-state index contributed by atoms with van der Waals surface area (Å²) in [5.74, 6) is -2.88. The number of hydrogen-bond donors (Lipinski definition) is 0. The maximum Gasteiger partial charge on any atom is 0.410 e. The third kappa shape index (κ3) is 4.81. The molecule has 4 rings (SSSR count). The van der Waals surface area contributed by atoms with Gasteiger partial charge in [-0.15, -0.1) is 0 Å². The van der Waals surface area contributed by atoms with E-state index in [-0.39, 0.29) is 49.8 Å². The fourth-order valence-electron chi connectivity index (χ4n) is 4.61. The van der Waals surface area contributed by atoms with Gasteiger partial charge in [-0.1, -0.05) is 17.7 Å². The molecule has 0 bridgehead atoms. The molecule has 2 heterocycles. The molecule has 1 aliphatic heterocycles. The molecule has 2 aliphatic rings. The van der Waals surface area contributed by atoms with Gasteiger partial charge in [-0.05, 0) is 45.7 Å². The van der Waals surface area contributed by atoms with Gasteiger partial charge in [-0.25, -0.2) is 13.6 Å². The predicted octanol–water partition coefficient (Wildman–Crippen LogP) is 5.74. The Bertz CT molecular complexity index is 1060. The molecule has 1 aromatic heterocycles. The first-order chi connectivity index (χ1) is 15.4. The number of benzene rings is 1. The predicted molar refractivity (Wildman–Crippen MR) is 123 cm³/mol. The van der Waals surface area contributed by atoms with E-state index in [1.165, 1.54) is 0 Å². The van der Waals surface area contributed by atoms with Crippen molar-refractivity contribution in [3.8, 4) is 0 Å². The molecule has 0 unspecified atom stereocenters. The lowest BCUT2D eigenvalue weighted by molar-refractivity contribution is -0.0490. The fraction of sp³-hybridized carbons (Fsp3) is 0.583. The van der Waals surface area contributed by atoms with Crippen LogP contribution in [0.25, 0.3) is 10.9 Å². The molecule has 2 aromatic rings. The van der Waals surface area contributed by atoms with Gasteiger partial charge in [-0.3, -0.25) is 4.79 Å². The van der Waals surface area contributed by atoms with Gasteiger partial charge in [0.1, 0.15) is 5.60 Å². The van der Waals surface area contributed by atoms with Crippen molar-refractivity contribution in [2.24, 2.45) is 0 Å². The highest BCUT2D eigenvalue weighted by atomic mass is 35.5. The van der Waals surface area contributed by atoms with E-state index >= 15 is 0 Å². The van der Waals surface area contributed by atoms with E-state index in [1.54, 1.807) is 29.1 Å². The zero-order chi connectivity index (χ0) is 24.1. The molecule has 1 saturated heterocycles. The molecule has 33 heavy (non-hydrogen) atoms. The van der Waals surface area contributed by atoms with Crippen LogP contribution in [0.2, 0.25) is 5.02 Å². The lowest BCUT2D eigenvalue weighted by Crippen LogP contribution is -2.52. The quantitative estimate of drug-likeness (QED) is 0.562. The van der Waals surface area contributed by atoms with Crippen LogP contribution < -0.4 is 0 Å². The van der Waals surface area contributed by atoms with Crippen molar-refractivity contribution in [1.82, 2.24) is 14.4 Å². The number of rotatable bonds is 3. The maximum absolute atomic E-state index is 13.6. The van der Waals surface area contributed by atoms with Crippen molar-refractivity contribution < 1.29 is 23.1 Å². The van der Waals surface area contributed by atoms with Crippen LogP contribution >= 0.6 is 11.6 Å². The van der Waals surface area contributed by atoms with Gasteiger partial charge < -0.3 is 19.1 Å². The van der Waals surface area contributed by atoms with E-state index in [0.29, 0.717) is 29.1 Å². The number of carbonyl (C=O) groups excluding carboxylic acids is 2. The molecular weight excluding hydrogens is 452 g/mol. The largest absolute Gasteiger partial charge is 0.444 e. The van der Waals surface area contributed by atoms with Crippen LogP contribution in [0.4, 0.5) is 13.6 Å². The molecule has 1 aliphatic carbocycles. The molecule has 1 saturated carbocycles. The van der Waals surface area contributed by atoms with Gasteiger partial charge in [-0.2, -0.15) is 0 Å². The fourth-order valence-corrected chi connectivity index (χ4v) is 4.88. The van der Waals surface area contributed by atoms with Crippen molar-refractivity contribution in [1.29, 1.82) is 0 Å². The van der Waals surface area contributed by atoms with Gasteiger partial charge in [0, 0.05) is 50.6 Å². The third-order valence-electron chi connectivity index (χ3n) is 6.50. The van der Waals surface area contributed by atoms with Crippen LogP contribution in [0.5, 0.6) is 0 Å². The molecule has 6 nitrogen and oxygen atoms in total. The Balaban J connectivity index is 1.56. The topological polar surface area (TPSA) is 54.8 Å². The molecule has 9 heteroatoms. The normalized spacial score (nSPS) is 19.4. The number of carbonyl (C=O) groups is 2. The standard InChI is InChI=1S/C24H30ClF2N3O3/c1-23(2,3)33-22(32)29-12-16(13-29)30-14-17(20-18(25)6-5-7-19(20)30)21(31)28(4)15-8-10-24(26,27)11-9-15/h5-7,14-16H,8-13H2,1-4H3. The number of fused-ring (bicyclic) bond motifs is 1. The minimum absolute atomic E-state index is 0.0151. The lowest BCUT2D eigenvalue weighted by Gasteiger charge is -2.40. The highest BCUT2D eigenvalue weighted by molar-refractivity contribution is 6.36. The van der Waals surface area contributed by atoms with Crippen molar-refractivity contribution in [3.05, 3.63) is 35.0 Å². The van der Waals surface area contributed by atoms with E-state index in [2.05, 4.69) is 0 Å². The molecule has 0 spiro atoms. The Kier molecular flexibility index (Phi) is 6.10. The third-order valence-corrected chi connectivity index (χ3v) is 6.81. The Morgan fingerprint density at radius 1 is 1.18 bits per heavy atom. The summed E-state index contributed by atoms with van der Waals surface area (Å²) in [6, 6.07) is 5.21. The summed E-state index contributed by atoms with van der Waals surface area (Å²) >= 11 is 6.50. The number of aromatic nitrogens is 1. The lowest BCUT2D eigenvalue weighted by atomic mass is 9.91. The van der Waals surface area contributed by atoms with Crippen LogP contribution in [0.3, 0.4) is 0 Å². The zero-order valence-electron chi connectivity index (χ0n) is 19.4. The van der Waals surface area contributed by atoms with E-state index in [9.17, 15) is 18.4 Å². The minimum Gasteiger partial charge on any atom is -0.444 e. The van der Waals surface area contributed by atoms with E-state index < -0.39 is 11.5 Å². The van der Waals surface area contributed by atoms with Crippen LogP contribution in [0, 0.1) is 0 Å². The first kappa shape index (κ1) is 23.8. The summed E-state index contributed by atoms with van der Waals surface area (Å²) in [5.41, 5.74) is 0.692. The summed E-state index contributed by atoms with van der Waals surface area (Å²) < 4.78 is 34.6. The highest BCUT2D eigenvalue weighted by Gasteiger charge is 2.39. The second kappa shape index (κ2) is 8.46. The Hall–Kier alpha value is -2.35. The molecule has 0 atom stereocenters. The number of hydrogen-bond acceptors (Lipinski definition) is 3. The molecule has 0 radical (unpaired) electrons. The Morgan fingerprint density at radius 2 is 1.82 bits per heavy atom. The van der Waals surface area contributed by atoms with Crippen LogP contribution in [0.1, 0.15) is 62.9 Å². The molecule has 1 aromatic carbocycles. The van der Waals surface area contributed by atoms with Gasteiger partial charge >= 0.3 is 6.09 Å². The molecule has 0 N–H and O–H groups in total. The number of nitrogens with zero attached hydrogens (tertiary/aromatic N) is 3. The average molecular weight is 482 g/mol. The minimum atomic E-state index is -2.65. The summed E-state index contributed by atoms with van der Waals surface area (Å²) in [5, 5.41) is 1.11. The molecule has 180 valence electrons. The Morgan fingerprint density at radius 3 is 2.42 bits per heavy atom. The van der Waals surface area contributed by atoms with Crippen LogP contribution in [-0.2, 0) is 4.74 Å².